The van der Waals surface area contributed by atoms with Crippen molar-refractivity contribution in [2.24, 2.45) is 0 Å². The molecule has 2 aromatic rings. The highest BCUT2D eigenvalue weighted by Gasteiger charge is 2.18. The quantitative estimate of drug-likeness (QED) is 0.880. The van der Waals surface area contributed by atoms with Gasteiger partial charge in [0.2, 0.25) is 0 Å². The van der Waals surface area contributed by atoms with E-state index >= 15 is 0 Å². The number of rotatable bonds is 3. The van der Waals surface area contributed by atoms with Gasteiger partial charge in [-0.05, 0) is 12.5 Å². The van der Waals surface area contributed by atoms with Crippen LogP contribution in [0, 0.1) is 0 Å². The maximum atomic E-state index is 11.1. The van der Waals surface area contributed by atoms with E-state index in [9.17, 15) is 4.79 Å². The highest BCUT2D eigenvalue weighted by Crippen LogP contribution is 2.23. The van der Waals surface area contributed by atoms with Gasteiger partial charge in [-0.2, -0.15) is 5.10 Å². The van der Waals surface area contributed by atoms with Crippen molar-refractivity contribution in [2.75, 3.05) is 26.3 Å². The maximum absolute atomic E-state index is 11.1. The molecule has 1 aliphatic heterocycles. The van der Waals surface area contributed by atoms with Crippen LogP contribution in [0.3, 0.4) is 0 Å². The third-order valence-corrected chi connectivity index (χ3v) is 3.76. The van der Waals surface area contributed by atoms with Crippen LogP contribution in [0.1, 0.15) is 18.5 Å². The SMILES string of the molecule is CC(c1ccc(-c2n[nH]c(=O)[nH]2)cc1)N1CCOCC1. The van der Waals surface area contributed by atoms with E-state index in [1.807, 2.05) is 12.1 Å². The van der Waals surface area contributed by atoms with Crippen molar-refractivity contribution >= 4 is 0 Å². The molecule has 1 unspecified atom stereocenters. The summed E-state index contributed by atoms with van der Waals surface area (Å²) in [6, 6.07) is 8.51. The minimum Gasteiger partial charge on any atom is -0.379 e. The molecule has 1 aromatic carbocycles. The van der Waals surface area contributed by atoms with E-state index in [2.05, 4.69) is 39.1 Å². The third kappa shape index (κ3) is 2.66. The van der Waals surface area contributed by atoms with Crippen LogP contribution >= 0.6 is 0 Å². The average Bonchev–Trinajstić information content (AvgIpc) is 2.94. The predicted octanol–water partition coefficient (Wildman–Crippen LogP) is 1.16. The van der Waals surface area contributed by atoms with Gasteiger partial charge in [0.05, 0.1) is 13.2 Å². The Hall–Kier alpha value is -1.92. The highest BCUT2D eigenvalue weighted by atomic mass is 16.5. The van der Waals surface area contributed by atoms with Gasteiger partial charge in [-0.15, -0.1) is 0 Å². The topological polar surface area (TPSA) is 74.0 Å². The van der Waals surface area contributed by atoms with Gasteiger partial charge in [0, 0.05) is 24.7 Å². The Labute approximate surface area is 116 Å². The Morgan fingerprint density at radius 2 is 1.95 bits per heavy atom. The Morgan fingerprint density at radius 1 is 1.25 bits per heavy atom. The molecule has 2 heterocycles. The van der Waals surface area contributed by atoms with Crippen molar-refractivity contribution in [3.8, 4) is 11.4 Å². The molecular formula is C14H18N4O2. The molecule has 0 bridgehead atoms. The second-order valence-electron chi connectivity index (χ2n) is 4.97. The molecule has 2 N–H and O–H groups in total. The van der Waals surface area contributed by atoms with E-state index < -0.39 is 0 Å². The van der Waals surface area contributed by atoms with Crippen LogP contribution in [0.5, 0.6) is 0 Å². The minimum absolute atomic E-state index is 0.286. The molecule has 1 saturated heterocycles. The molecule has 0 aliphatic carbocycles. The van der Waals surface area contributed by atoms with Gasteiger partial charge < -0.3 is 4.74 Å². The molecule has 106 valence electrons. The molecule has 0 amide bonds. The van der Waals surface area contributed by atoms with Crippen LogP contribution < -0.4 is 5.69 Å². The smallest absolute Gasteiger partial charge is 0.340 e. The molecule has 1 aliphatic rings. The summed E-state index contributed by atoms with van der Waals surface area (Å²) in [5.41, 5.74) is 1.88. The number of nitrogens with zero attached hydrogens (tertiary/aromatic N) is 2. The number of ether oxygens (including phenoxy) is 1. The van der Waals surface area contributed by atoms with Crippen LogP contribution in [-0.4, -0.2) is 46.4 Å². The van der Waals surface area contributed by atoms with E-state index in [0.717, 1.165) is 31.9 Å². The van der Waals surface area contributed by atoms with Crippen LogP contribution in [-0.2, 0) is 4.74 Å². The standard InChI is InChI=1S/C14H18N4O2/c1-10(18-6-8-20-9-7-18)11-2-4-12(5-3-11)13-15-14(19)17-16-13/h2-5,10H,6-9H2,1H3,(H2,15,16,17,19). The van der Waals surface area contributed by atoms with Gasteiger partial charge in [-0.3, -0.25) is 9.88 Å². The highest BCUT2D eigenvalue weighted by molar-refractivity contribution is 5.54. The molecule has 0 saturated carbocycles. The second-order valence-corrected chi connectivity index (χ2v) is 4.97. The number of benzene rings is 1. The van der Waals surface area contributed by atoms with Crippen LogP contribution in [0.25, 0.3) is 11.4 Å². The number of morpholine rings is 1. The van der Waals surface area contributed by atoms with Gasteiger partial charge in [0.15, 0.2) is 5.82 Å². The van der Waals surface area contributed by atoms with Crippen molar-refractivity contribution in [3.63, 3.8) is 0 Å². The van der Waals surface area contributed by atoms with E-state index in [4.69, 9.17) is 4.74 Å². The van der Waals surface area contributed by atoms with Gasteiger partial charge in [0.1, 0.15) is 0 Å². The van der Waals surface area contributed by atoms with Gasteiger partial charge in [-0.25, -0.2) is 9.89 Å². The summed E-state index contributed by atoms with van der Waals surface area (Å²) in [5, 5.41) is 6.30. The van der Waals surface area contributed by atoms with E-state index in [1.54, 1.807) is 0 Å². The second kappa shape index (κ2) is 5.60. The summed E-state index contributed by atoms with van der Waals surface area (Å²) in [7, 11) is 0. The van der Waals surface area contributed by atoms with Crippen molar-refractivity contribution < 1.29 is 4.74 Å². The predicted molar refractivity (Wildman–Crippen MR) is 75.5 cm³/mol. The molecule has 1 atom stereocenters. The minimum atomic E-state index is -0.286. The lowest BCUT2D eigenvalue weighted by atomic mass is 10.0. The van der Waals surface area contributed by atoms with Crippen LogP contribution in [0.15, 0.2) is 29.1 Å². The molecule has 6 heteroatoms. The number of aromatic nitrogens is 3. The summed E-state index contributed by atoms with van der Waals surface area (Å²) < 4.78 is 5.38. The van der Waals surface area contributed by atoms with Crippen molar-refractivity contribution in [3.05, 3.63) is 40.3 Å². The molecule has 3 rings (SSSR count). The number of nitrogens with one attached hydrogen (secondary N) is 2. The monoisotopic (exact) mass is 274 g/mol. The van der Waals surface area contributed by atoms with Crippen LogP contribution in [0.2, 0.25) is 0 Å². The van der Waals surface area contributed by atoms with E-state index in [0.29, 0.717) is 11.9 Å². The first-order valence-electron chi connectivity index (χ1n) is 6.81. The molecule has 6 nitrogen and oxygen atoms in total. The zero-order valence-corrected chi connectivity index (χ0v) is 11.4. The number of aromatic amines is 2. The summed E-state index contributed by atoms with van der Waals surface area (Å²) in [6.07, 6.45) is 0. The molecule has 1 fully saturated rings. The largest absolute Gasteiger partial charge is 0.379 e. The van der Waals surface area contributed by atoms with Crippen LogP contribution in [0.4, 0.5) is 0 Å². The van der Waals surface area contributed by atoms with Crippen molar-refractivity contribution in [2.45, 2.75) is 13.0 Å². The van der Waals surface area contributed by atoms with Gasteiger partial charge in [0.25, 0.3) is 0 Å². The fourth-order valence-electron chi connectivity index (χ4n) is 2.50. The summed E-state index contributed by atoms with van der Waals surface area (Å²) >= 11 is 0. The summed E-state index contributed by atoms with van der Waals surface area (Å²) in [5.74, 6) is 0.570. The number of H-pyrrole nitrogens is 2. The zero-order chi connectivity index (χ0) is 13.9. The number of hydrogen-bond donors (Lipinski definition) is 2. The Morgan fingerprint density at radius 3 is 2.55 bits per heavy atom. The Kier molecular flexibility index (Phi) is 3.66. The lowest BCUT2D eigenvalue weighted by molar-refractivity contribution is 0.0198. The fourth-order valence-corrected chi connectivity index (χ4v) is 2.50. The molecule has 0 spiro atoms. The maximum Gasteiger partial charge on any atom is 0.340 e. The summed E-state index contributed by atoms with van der Waals surface area (Å²) in [6.45, 7) is 5.75. The van der Waals surface area contributed by atoms with Gasteiger partial charge in [-0.1, -0.05) is 24.3 Å². The lowest BCUT2D eigenvalue weighted by Gasteiger charge is -2.32. The zero-order valence-electron chi connectivity index (χ0n) is 11.4. The first kappa shape index (κ1) is 13.1. The van der Waals surface area contributed by atoms with Crippen molar-refractivity contribution in [1.82, 2.24) is 20.1 Å². The summed E-state index contributed by atoms with van der Waals surface area (Å²) in [4.78, 5) is 16.1. The first-order chi connectivity index (χ1) is 9.74. The Balaban J connectivity index is 1.76. The van der Waals surface area contributed by atoms with E-state index in [1.165, 1.54) is 5.56 Å². The fraction of sp³-hybridized carbons (Fsp3) is 0.429. The normalized spacial score (nSPS) is 18.1. The molecule has 20 heavy (non-hydrogen) atoms. The number of hydrogen-bond acceptors (Lipinski definition) is 4. The first-order valence-corrected chi connectivity index (χ1v) is 6.81. The van der Waals surface area contributed by atoms with E-state index in [-0.39, 0.29) is 5.69 Å². The molecule has 1 aromatic heterocycles. The molecular weight excluding hydrogens is 256 g/mol. The Bertz CT molecular complexity index is 611. The molecule has 0 radical (unpaired) electrons. The average molecular weight is 274 g/mol. The van der Waals surface area contributed by atoms with Crippen molar-refractivity contribution in [1.29, 1.82) is 0 Å². The third-order valence-electron chi connectivity index (χ3n) is 3.76. The van der Waals surface area contributed by atoms with Gasteiger partial charge >= 0.3 is 5.69 Å². The lowest BCUT2D eigenvalue weighted by Crippen LogP contribution is -2.37.